The maximum absolute atomic E-state index is 7.63. The van der Waals surface area contributed by atoms with Crippen molar-refractivity contribution in [3.05, 3.63) is 36.5 Å². The first-order valence-corrected chi connectivity index (χ1v) is 6.68. The fraction of sp³-hybridized carbons (Fsp3) is 0.333. The van der Waals surface area contributed by atoms with E-state index in [1.165, 1.54) is 10.8 Å². The van der Waals surface area contributed by atoms with Crippen molar-refractivity contribution in [1.29, 1.82) is 5.41 Å². The smallest absolute Gasteiger partial charge is 0.136 e. The normalized spacial score (nSPS) is 19.6. The van der Waals surface area contributed by atoms with Crippen molar-refractivity contribution >= 4 is 22.4 Å². The Bertz CT molecular complexity index is 603. The molecule has 19 heavy (non-hydrogen) atoms. The van der Waals surface area contributed by atoms with Crippen LogP contribution in [0.15, 0.2) is 36.5 Å². The van der Waals surface area contributed by atoms with Crippen LogP contribution in [0.4, 0.5) is 5.82 Å². The Balaban J connectivity index is 1.97. The summed E-state index contributed by atoms with van der Waals surface area (Å²) >= 11 is 0. The maximum atomic E-state index is 7.63. The SMILES string of the molecule is N=C(N)C1CCCN(c2nccc3ccccc23)C1. The largest absolute Gasteiger partial charge is 0.387 e. The van der Waals surface area contributed by atoms with E-state index in [4.69, 9.17) is 11.1 Å². The van der Waals surface area contributed by atoms with Gasteiger partial charge in [-0.1, -0.05) is 24.3 Å². The highest BCUT2D eigenvalue weighted by Crippen LogP contribution is 2.28. The lowest BCUT2D eigenvalue weighted by molar-refractivity contribution is 0.501. The Kier molecular flexibility index (Phi) is 3.07. The summed E-state index contributed by atoms with van der Waals surface area (Å²) in [4.78, 5) is 6.80. The van der Waals surface area contributed by atoms with Crippen LogP contribution >= 0.6 is 0 Å². The molecule has 2 heterocycles. The van der Waals surface area contributed by atoms with E-state index in [0.29, 0.717) is 5.84 Å². The molecule has 0 aliphatic carbocycles. The first-order valence-electron chi connectivity index (χ1n) is 6.68. The molecular formula is C15H18N4. The lowest BCUT2D eigenvalue weighted by atomic mass is 9.96. The molecule has 0 spiro atoms. The zero-order valence-electron chi connectivity index (χ0n) is 10.8. The Morgan fingerprint density at radius 3 is 3.00 bits per heavy atom. The van der Waals surface area contributed by atoms with Gasteiger partial charge in [-0.15, -0.1) is 0 Å². The van der Waals surface area contributed by atoms with Gasteiger partial charge < -0.3 is 10.6 Å². The molecule has 4 nitrogen and oxygen atoms in total. The number of nitrogens with two attached hydrogens (primary N) is 1. The number of aromatic nitrogens is 1. The Hall–Kier alpha value is -2.10. The number of hydrogen-bond donors (Lipinski definition) is 2. The third kappa shape index (κ3) is 2.26. The highest BCUT2D eigenvalue weighted by atomic mass is 15.2. The standard InChI is InChI=1S/C15H18N4/c16-14(17)12-5-3-9-19(10-12)15-13-6-2-1-4-11(13)7-8-18-15/h1-2,4,6-8,12H,3,5,9-10H2,(H3,16,17). The van der Waals surface area contributed by atoms with Crippen molar-refractivity contribution in [1.82, 2.24) is 4.98 Å². The number of pyridine rings is 1. The minimum atomic E-state index is 0.162. The molecule has 1 atom stereocenters. The maximum Gasteiger partial charge on any atom is 0.136 e. The van der Waals surface area contributed by atoms with Crippen molar-refractivity contribution in [2.75, 3.05) is 18.0 Å². The summed E-state index contributed by atoms with van der Waals surface area (Å²) in [5.41, 5.74) is 5.66. The summed E-state index contributed by atoms with van der Waals surface area (Å²) in [6, 6.07) is 10.3. The van der Waals surface area contributed by atoms with Crippen molar-refractivity contribution in [3.63, 3.8) is 0 Å². The van der Waals surface area contributed by atoms with Crippen LogP contribution in [0.1, 0.15) is 12.8 Å². The zero-order chi connectivity index (χ0) is 13.2. The molecule has 1 fully saturated rings. The number of benzene rings is 1. The molecule has 98 valence electrons. The van der Waals surface area contributed by atoms with Crippen LogP contribution in [-0.2, 0) is 0 Å². The molecule has 4 heteroatoms. The molecule has 1 unspecified atom stereocenters. The molecule has 1 aromatic heterocycles. The van der Waals surface area contributed by atoms with E-state index in [9.17, 15) is 0 Å². The van der Waals surface area contributed by atoms with Crippen molar-refractivity contribution in [2.24, 2.45) is 11.7 Å². The molecule has 0 radical (unpaired) electrons. The lowest BCUT2D eigenvalue weighted by Crippen LogP contribution is -2.41. The Labute approximate surface area is 112 Å². The number of nitrogens with one attached hydrogen (secondary N) is 1. The number of anilines is 1. The highest BCUT2D eigenvalue weighted by Gasteiger charge is 2.23. The minimum Gasteiger partial charge on any atom is -0.387 e. The summed E-state index contributed by atoms with van der Waals surface area (Å²) in [7, 11) is 0. The predicted octanol–water partition coefficient (Wildman–Crippen LogP) is 2.39. The van der Waals surface area contributed by atoms with Gasteiger partial charge in [-0.05, 0) is 24.3 Å². The molecule has 0 bridgehead atoms. The number of fused-ring (bicyclic) bond motifs is 1. The van der Waals surface area contributed by atoms with Crippen LogP contribution < -0.4 is 10.6 Å². The van der Waals surface area contributed by atoms with E-state index in [2.05, 4.69) is 22.0 Å². The van der Waals surface area contributed by atoms with Gasteiger partial charge in [0.25, 0.3) is 0 Å². The number of nitrogens with zero attached hydrogens (tertiary/aromatic N) is 2. The first kappa shape index (κ1) is 12.0. The third-order valence-electron chi connectivity index (χ3n) is 3.81. The fourth-order valence-electron chi connectivity index (χ4n) is 2.78. The van der Waals surface area contributed by atoms with Crippen LogP contribution in [0, 0.1) is 11.3 Å². The van der Waals surface area contributed by atoms with Gasteiger partial charge in [-0.3, -0.25) is 5.41 Å². The van der Waals surface area contributed by atoms with Crippen LogP contribution in [0.5, 0.6) is 0 Å². The number of rotatable bonds is 2. The molecule has 3 N–H and O–H groups in total. The second kappa shape index (κ2) is 4.88. The molecule has 1 aliphatic rings. The van der Waals surface area contributed by atoms with Gasteiger partial charge in [0.15, 0.2) is 0 Å². The van der Waals surface area contributed by atoms with E-state index in [0.717, 1.165) is 31.7 Å². The first-order chi connectivity index (χ1) is 9.25. The van der Waals surface area contributed by atoms with Gasteiger partial charge in [0.05, 0.1) is 5.84 Å². The van der Waals surface area contributed by atoms with Crippen LogP contribution in [0.25, 0.3) is 10.8 Å². The Morgan fingerprint density at radius 2 is 2.16 bits per heavy atom. The molecule has 0 amide bonds. The number of hydrogen-bond acceptors (Lipinski definition) is 3. The van der Waals surface area contributed by atoms with E-state index >= 15 is 0 Å². The van der Waals surface area contributed by atoms with Crippen molar-refractivity contribution < 1.29 is 0 Å². The average molecular weight is 254 g/mol. The van der Waals surface area contributed by atoms with Gasteiger partial charge in [-0.2, -0.15) is 0 Å². The van der Waals surface area contributed by atoms with Crippen LogP contribution in [-0.4, -0.2) is 23.9 Å². The highest BCUT2D eigenvalue weighted by molar-refractivity contribution is 5.92. The van der Waals surface area contributed by atoms with Crippen LogP contribution in [0.2, 0.25) is 0 Å². The molecule has 2 aromatic rings. The van der Waals surface area contributed by atoms with E-state index in [1.54, 1.807) is 0 Å². The van der Waals surface area contributed by atoms with Crippen LogP contribution in [0.3, 0.4) is 0 Å². The molecule has 1 aromatic carbocycles. The second-order valence-corrected chi connectivity index (χ2v) is 5.10. The second-order valence-electron chi connectivity index (χ2n) is 5.10. The van der Waals surface area contributed by atoms with Gasteiger partial charge >= 0.3 is 0 Å². The van der Waals surface area contributed by atoms with Gasteiger partial charge in [-0.25, -0.2) is 4.98 Å². The average Bonchev–Trinajstić information content (AvgIpc) is 2.47. The number of amidine groups is 1. The topological polar surface area (TPSA) is 66.0 Å². The lowest BCUT2D eigenvalue weighted by Gasteiger charge is -2.33. The molecule has 1 saturated heterocycles. The Morgan fingerprint density at radius 1 is 1.32 bits per heavy atom. The molecular weight excluding hydrogens is 236 g/mol. The molecule has 3 rings (SSSR count). The summed E-state index contributed by atoms with van der Waals surface area (Å²) in [5.74, 6) is 1.48. The fourth-order valence-corrected chi connectivity index (χ4v) is 2.78. The van der Waals surface area contributed by atoms with Crippen molar-refractivity contribution in [2.45, 2.75) is 12.8 Å². The predicted molar refractivity (Wildman–Crippen MR) is 78.6 cm³/mol. The quantitative estimate of drug-likeness (QED) is 0.639. The minimum absolute atomic E-state index is 0.162. The van der Waals surface area contributed by atoms with E-state index in [-0.39, 0.29) is 5.92 Å². The third-order valence-corrected chi connectivity index (χ3v) is 3.81. The van der Waals surface area contributed by atoms with Crippen molar-refractivity contribution in [3.8, 4) is 0 Å². The molecule has 0 saturated carbocycles. The van der Waals surface area contributed by atoms with Gasteiger partial charge in [0.1, 0.15) is 5.82 Å². The summed E-state index contributed by atoms with van der Waals surface area (Å²) < 4.78 is 0. The van der Waals surface area contributed by atoms with Gasteiger partial charge in [0.2, 0.25) is 0 Å². The monoisotopic (exact) mass is 254 g/mol. The molecule has 1 aliphatic heterocycles. The number of piperidine rings is 1. The summed E-state index contributed by atoms with van der Waals surface area (Å²) in [6.07, 6.45) is 3.93. The van der Waals surface area contributed by atoms with E-state index in [1.807, 2.05) is 24.4 Å². The summed E-state index contributed by atoms with van der Waals surface area (Å²) in [6.45, 7) is 1.79. The van der Waals surface area contributed by atoms with Gasteiger partial charge in [0, 0.05) is 30.6 Å². The summed E-state index contributed by atoms with van der Waals surface area (Å²) in [5, 5.41) is 10.0. The van der Waals surface area contributed by atoms with E-state index < -0.39 is 0 Å². The zero-order valence-corrected chi connectivity index (χ0v) is 10.8.